The first-order chi connectivity index (χ1) is 8.08. The molecule has 0 aromatic rings. The lowest BCUT2D eigenvalue weighted by molar-refractivity contribution is 0.264. The van der Waals surface area contributed by atoms with E-state index in [-0.39, 0.29) is 0 Å². The molecule has 17 heavy (non-hydrogen) atoms. The van der Waals surface area contributed by atoms with Crippen LogP contribution in [0, 0.1) is 5.41 Å². The van der Waals surface area contributed by atoms with Gasteiger partial charge in [-0.2, -0.15) is 11.8 Å². The third-order valence-electron chi connectivity index (χ3n) is 5.13. The Labute approximate surface area is 112 Å². The van der Waals surface area contributed by atoms with E-state index >= 15 is 0 Å². The minimum absolute atomic E-state index is 0.522. The Balaban J connectivity index is 1.87. The monoisotopic (exact) mass is 255 g/mol. The van der Waals surface area contributed by atoms with Crippen molar-refractivity contribution in [3.05, 3.63) is 0 Å². The van der Waals surface area contributed by atoms with Crippen molar-refractivity contribution >= 4 is 11.8 Å². The van der Waals surface area contributed by atoms with E-state index in [1.807, 2.05) is 0 Å². The van der Waals surface area contributed by atoms with Crippen LogP contribution in [0.2, 0.25) is 0 Å². The molecule has 1 N–H and O–H groups in total. The van der Waals surface area contributed by atoms with Gasteiger partial charge in [0.05, 0.1) is 0 Å². The molecule has 2 saturated carbocycles. The second kappa shape index (κ2) is 5.52. The summed E-state index contributed by atoms with van der Waals surface area (Å²) in [5.74, 6) is 0. The summed E-state index contributed by atoms with van der Waals surface area (Å²) in [6, 6.07) is 0.758. The minimum Gasteiger partial charge on any atom is -0.312 e. The second-order valence-corrected chi connectivity index (χ2v) is 8.04. The Morgan fingerprint density at radius 3 is 2.29 bits per heavy atom. The van der Waals surface area contributed by atoms with Crippen LogP contribution < -0.4 is 5.32 Å². The summed E-state index contributed by atoms with van der Waals surface area (Å²) in [6.07, 6.45) is 13.7. The quantitative estimate of drug-likeness (QED) is 0.807. The summed E-state index contributed by atoms with van der Waals surface area (Å²) in [4.78, 5) is 0. The molecule has 100 valence electrons. The van der Waals surface area contributed by atoms with Gasteiger partial charge in [-0.3, -0.25) is 0 Å². The summed E-state index contributed by atoms with van der Waals surface area (Å²) in [5, 5.41) is 3.91. The molecule has 0 bridgehead atoms. The molecule has 0 heterocycles. The molecule has 2 aliphatic rings. The maximum atomic E-state index is 3.91. The van der Waals surface area contributed by atoms with E-state index in [0.717, 1.165) is 6.04 Å². The molecule has 2 fully saturated rings. The number of hydrogen-bond donors (Lipinski definition) is 1. The van der Waals surface area contributed by atoms with Crippen molar-refractivity contribution in [1.29, 1.82) is 0 Å². The zero-order chi connectivity index (χ0) is 12.4. The van der Waals surface area contributed by atoms with Crippen LogP contribution in [0.1, 0.15) is 65.2 Å². The predicted octanol–water partition coefficient (Wildman–Crippen LogP) is 4.22. The van der Waals surface area contributed by atoms with E-state index in [9.17, 15) is 0 Å². The zero-order valence-electron chi connectivity index (χ0n) is 11.8. The maximum Gasteiger partial charge on any atom is 0.0281 e. The fourth-order valence-corrected chi connectivity index (χ4v) is 4.59. The van der Waals surface area contributed by atoms with Crippen LogP contribution in [0.25, 0.3) is 0 Å². The van der Waals surface area contributed by atoms with Gasteiger partial charge in [-0.05, 0) is 37.4 Å². The van der Waals surface area contributed by atoms with Crippen molar-refractivity contribution < 1.29 is 0 Å². The molecule has 0 radical (unpaired) electrons. The number of rotatable bonds is 4. The Morgan fingerprint density at radius 2 is 1.76 bits per heavy atom. The normalized spacial score (nSPS) is 31.6. The van der Waals surface area contributed by atoms with Crippen molar-refractivity contribution in [3.63, 3.8) is 0 Å². The minimum atomic E-state index is 0.522. The van der Waals surface area contributed by atoms with Crippen molar-refractivity contribution in [3.8, 4) is 0 Å². The Kier molecular flexibility index (Phi) is 4.46. The Morgan fingerprint density at radius 1 is 1.06 bits per heavy atom. The second-order valence-electron chi connectivity index (χ2n) is 6.76. The lowest BCUT2D eigenvalue weighted by Crippen LogP contribution is -2.46. The molecule has 2 rings (SSSR count). The van der Waals surface area contributed by atoms with Gasteiger partial charge in [-0.25, -0.2) is 0 Å². The topological polar surface area (TPSA) is 12.0 Å². The highest BCUT2D eigenvalue weighted by atomic mass is 32.2. The van der Waals surface area contributed by atoms with Crippen LogP contribution in [0.5, 0.6) is 0 Å². The summed E-state index contributed by atoms with van der Waals surface area (Å²) in [7, 11) is 0. The Hall–Kier alpha value is 0.310. The van der Waals surface area contributed by atoms with Gasteiger partial charge < -0.3 is 5.32 Å². The van der Waals surface area contributed by atoms with E-state index in [0.29, 0.717) is 10.2 Å². The molecule has 0 aliphatic heterocycles. The van der Waals surface area contributed by atoms with Crippen LogP contribution in [-0.2, 0) is 0 Å². The molecule has 1 atom stereocenters. The van der Waals surface area contributed by atoms with E-state index in [1.165, 1.54) is 57.9 Å². The van der Waals surface area contributed by atoms with E-state index in [1.54, 1.807) is 0 Å². The van der Waals surface area contributed by atoms with E-state index in [4.69, 9.17) is 0 Å². The SMILES string of the molecule is CSC1(CNC2CCCC2(C)C)CCCCC1. The third kappa shape index (κ3) is 3.20. The van der Waals surface area contributed by atoms with Crippen LogP contribution in [0.15, 0.2) is 0 Å². The van der Waals surface area contributed by atoms with Crippen LogP contribution in [0.4, 0.5) is 0 Å². The summed E-state index contributed by atoms with van der Waals surface area (Å²) < 4.78 is 0.553. The van der Waals surface area contributed by atoms with Gasteiger partial charge in [0.25, 0.3) is 0 Å². The van der Waals surface area contributed by atoms with Crippen molar-refractivity contribution in [2.24, 2.45) is 5.41 Å². The van der Waals surface area contributed by atoms with Crippen LogP contribution in [0.3, 0.4) is 0 Å². The lowest BCUT2D eigenvalue weighted by atomic mass is 9.85. The molecule has 0 amide bonds. The van der Waals surface area contributed by atoms with Gasteiger partial charge in [-0.15, -0.1) is 0 Å². The van der Waals surface area contributed by atoms with E-state index in [2.05, 4.69) is 37.2 Å². The van der Waals surface area contributed by atoms with Crippen molar-refractivity contribution in [1.82, 2.24) is 5.32 Å². The first kappa shape index (κ1) is 13.7. The highest BCUT2D eigenvalue weighted by Crippen LogP contribution is 2.40. The van der Waals surface area contributed by atoms with Gasteiger partial charge in [0, 0.05) is 17.3 Å². The summed E-state index contributed by atoms with van der Waals surface area (Å²) in [5.41, 5.74) is 0.522. The molecular weight excluding hydrogens is 226 g/mol. The van der Waals surface area contributed by atoms with E-state index < -0.39 is 0 Å². The average Bonchev–Trinajstić information content (AvgIpc) is 2.67. The van der Waals surface area contributed by atoms with Gasteiger partial charge in [0.15, 0.2) is 0 Å². The fourth-order valence-electron chi connectivity index (χ4n) is 3.66. The molecule has 0 aromatic carbocycles. The first-order valence-electron chi connectivity index (χ1n) is 7.37. The molecule has 0 aromatic heterocycles. The molecule has 0 spiro atoms. The molecule has 1 unspecified atom stereocenters. The molecular formula is C15H29NS. The molecule has 1 nitrogen and oxygen atoms in total. The summed E-state index contributed by atoms with van der Waals surface area (Å²) >= 11 is 2.11. The third-order valence-corrected chi connectivity index (χ3v) is 6.54. The lowest BCUT2D eigenvalue weighted by Gasteiger charge is -2.39. The average molecular weight is 255 g/mol. The standard InChI is InChI=1S/C15H29NS/c1-14(2)9-7-8-13(14)16-12-15(17-3)10-5-4-6-11-15/h13,16H,4-12H2,1-3H3. The largest absolute Gasteiger partial charge is 0.312 e. The molecule has 0 saturated heterocycles. The predicted molar refractivity (Wildman–Crippen MR) is 78.8 cm³/mol. The van der Waals surface area contributed by atoms with Gasteiger partial charge in [0.2, 0.25) is 0 Å². The fraction of sp³-hybridized carbons (Fsp3) is 1.00. The first-order valence-corrected chi connectivity index (χ1v) is 8.59. The molecule has 2 heteroatoms. The van der Waals surface area contributed by atoms with Crippen molar-refractivity contribution in [2.75, 3.05) is 12.8 Å². The highest BCUT2D eigenvalue weighted by molar-refractivity contribution is 8.00. The van der Waals surface area contributed by atoms with Crippen LogP contribution >= 0.6 is 11.8 Å². The van der Waals surface area contributed by atoms with Crippen LogP contribution in [-0.4, -0.2) is 23.6 Å². The summed E-state index contributed by atoms with van der Waals surface area (Å²) in [6.45, 7) is 6.11. The highest BCUT2D eigenvalue weighted by Gasteiger charge is 2.37. The van der Waals surface area contributed by atoms with Gasteiger partial charge in [0.1, 0.15) is 0 Å². The Bertz CT molecular complexity index is 243. The molecule has 2 aliphatic carbocycles. The zero-order valence-corrected chi connectivity index (χ0v) is 12.7. The number of hydrogen-bond acceptors (Lipinski definition) is 2. The van der Waals surface area contributed by atoms with Gasteiger partial charge >= 0.3 is 0 Å². The van der Waals surface area contributed by atoms with Gasteiger partial charge in [-0.1, -0.05) is 39.5 Å². The van der Waals surface area contributed by atoms with Crippen molar-refractivity contribution in [2.45, 2.75) is 76.0 Å². The number of nitrogens with one attached hydrogen (secondary N) is 1. The maximum absolute atomic E-state index is 3.91. The number of thioether (sulfide) groups is 1. The smallest absolute Gasteiger partial charge is 0.0281 e.